The minimum Gasteiger partial charge on any atom is -0.493 e. The summed E-state index contributed by atoms with van der Waals surface area (Å²) in [5.41, 5.74) is 1.33. The van der Waals surface area contributed by atoms with Gasteiger partial charge in [0.05, 0.1) is 19.1 Å². The molecule has 0 radical (unpaired) electrons. The number of nitro benzene ring substituents is 1. The maximum Gasteiger partial charge on any atom is 0.363 e. The predicted octanol–water partition coefficient (Wildman–Crippen LogP) is 3.26. The summed E-state index contributed by atoms with van der Waals surface area (Å²) in [6.07, 6.45) is 1.52. The van der Waals surface area contributed by atoms with Crippen LogP contribution in [-0.4, -0.2) is 31.0 Å². The lowest BCUT2D eigenvalue weighted by molar-refractivity contribution is -0.385. The Kier molecular flexibility index (Phi) is 4.89. The summed E-state index contributed by atoms with van der Waals surface area (Å²) in [4.78, 5) is 27.1. The maximum absolute atomic E-state index is 12.2. The van der Waals surface area contributed by atoms with Crippen molar-refractivity contribution in [3.63, 3.8) is 0 Å². The number of hydrogen-bond acceptors (Lipinski definition) is 7. The first-order valence-corrected chi connectivity index (χ1v) is 7.94. The van der Waals surface area contributed by atoms with Crippen LogP contribution in [0.1, 0.15) is 16.7 Å². The average molecular weight is 368 g/mol. The minimum atomic E-state index is -0.652. The molecule has 1 aliphatic heterocycles. The highest BCUT2D eigenvalue weighted by atomic mass is 16.6. The maximum atomic E-state index is 12.2. The van der Waals surface area contributed by atoms with Gasteiger partial charge in [-0.3, -0.25) is 10.1 Å². The number of carbonyl (C=O) groups is 1. The molecule has 27 heavy (non-hydrogen) atoms. The molecule has 0 aliphatic carbocycles. The van der Waals surface area contributed by atoms with Gasteiger partial charge in [-0.15, -0.1) is 0 Å². The second-order valence-electron chi connectivity index (χ2n) is 5.63. The van der Waals surface area contributed by atoms with E-state index in [0.717, 1.165) is 0 Å². The third-order valence-corrected chi connectivity index (χ3v) is 4.08. The molecule has 1 heterocycles. The van der Waals surface area contributed by atoms with Gasteiger partial charge >= 0.3 is 5.97 Å². The van der Waals surface area contributed by atoms with Crippen LogP contribution in [0.5, 0.6) is 11.5 Å². The van der Waals surface area contributed by atoms with E-state index in [4.69, 9.17) is 14.2 Å². The molecular formula is C19H16N2O6. The summed E-state index contributed by atoms with van der Waals surface area (Å²) in [7, 11) is 3.01. The lowest BCUT2D eigenvalue weighted by Gasteiger charge is -2.09. The van der Waals surface area contributed by atoms with Gasteiger partial charge in [0.2, 0.25) is 5.90 Å². The summed E-state index contributed by atoms with van der Waals surface area (Å²) in [6.45, 7) is 1.58. The number of hydrogen-bond donors (Lipinski definition) is 0. The molecule has 0 spiro atoms. The Balaban J connectivity index is 2.05. The number of nitro groups is 1. The molecule has 0 amide bonds. The number of rotatable bonds is 5. The molecule has 0 unspecified atom stereocenters. The van der Waals surface area contributed by atoms with E-state index in [1.807, 2.05) is 0 Å². The number of methoxy groups -OCH3 is 2. The van der Waals surface area contributed by atoms with Gasteiger partial charge in [-0.2, -0.15) is 0 Å². The van der Waals surface area contributed by atoms with E-state index in [-0.39, 0.29) is 17.3 Å². The predicted molar refractivity (Wildman–Crippen MR) is 98.0 cm³/mol. The Morgan fingerprint density at radius 1 is 1.15 bits per heavy atom. The molecule has 0 saturated heterocycles. The molecule has 0 saturated carbocycles. The van der Waals surface area contributed by atoms with E-state index in [9.17, 15) is 14.9 Å². The Morgan fingerprint density at radius 3 is 2.56 bits per heavy atom. The highest BCUT2D eigenvalue weighted by Gasteiger charge is 2.27. The first-order valence-electron chi connectivity index (χ1n) is 7.94. The molecule has 8 nitrogen and oxygen atoms in total. The number of aliphatic imine (C=N–C) groups is 1. The number of carbonyl (C=O) groups excluding carboxylic acids is 1. The summed E-state index contributed by atoms with van der Waals surface area (Å²) < 4.78 is 15.8. The Labute approximate surface area is 154 Å². The molecule has 0 fully saturated rings. The van der Waals surface area contributed by atoms with Crippen molar-refractivity contribution in [2.45, 2.75) is 6.92 Å². The van der Waals surface area contributed by atoms with Crippen molar-refractivity contribution >= 4 is 23.6 Å². The molecule has 0 bridgehead atoms. The molecule has 8 heteroatoms. The monoisotopic (exact) mass is 368 g/mol. The van der Waals surface area contributed by atoms with Crippen molar-refractivity contribution in [3.8, 4) is 11.5 Å². The molecule has 3 rings (SSSR count). The molecule has 0 aromatic heterocycles. The fourth-order valence-electron chi connectivity index (χ4n) is 2.75. The summed E-state index contributed by atoms with van der Waals surface area (Å²) in [6, 6.07) is 9.74. The SMILES string of the molecule is COc1cccc(C=C2N=C(c3cccc([N+](=O)[O-])c3C)OC2=O)c1OC. The molecule has 2 aromatic rings. The van der Waals surface area contributed by atoms with Gasteiger partial charge in [0.25, 0.3) is 5.69 Å². The number of ether oxygens (including phenoxy) is 3. The average Bonchev–Trinajstić information content (AvgIpc) is 3.01. The van der Waals surface area contributed by atoms with Crippen LogP contribution >= 0.6 is 0 Å². The quantitative estimate of drug-likeness (QED) is 0.347. The van der Waals surface area contributed by atoms with Crippen LogP contribution in [0.4, 0.5) is 5.69 Å². The number of esters is 1. The van der Waals surface area contributed by atoms with E-state index in [0.29, 0.717) is 28.2 Å². The van der Waals surface area contributed by atoms with E-state index in [1.54, 1.807) is 31.2 Å². The summed E-state index contributed by atoms with van der Waals surface area (Å²) >= 11 is 0. The number of cyclic esters (lactones) is 1. The van der Waals surface area contributed by atoms with Crippen molar-refractivity contribution in [2.24, 2.45) is 4.99 Å². The van der Waals surface area contributed by atoms with Gasteiger partial charge < -0.3 is 14.2 Å². The highest BCUT2D eigenvalue weighted by Crippen LogP contribution is 2.33. The first-order chi connectivity index (χ1) is 13.0. The molecule has 0 atom stereocenters. The van der Waals surface area contributed by atoms with Gasteiger partial charge in [-0.25, -0.2) is 9.79 Å². The first kappa shape index (κ1) is 18.1. The smallest absolute Gasteiger partial charge is 0.363 e. The molecule has 0 N–H and O–H groups in total. The molecule has 138 valence electrons. The minimum absolute atomic E-state index is 0.0225. The topological polar surface area (TPSA) is 100 Å². The largest absolute Gasteiger partial charge is 0.493 e. The fraction of sp³-hybridized carbons (Fsp3) is 0.158. The number of benzene rings is 2. The van der Waals surface area contributed by atoms with E-state index in [1.165, 1.54) is 32.4 Å². The zero-order valence-corrected chi connectivity index (χ0v) is 14.9. The van der Waals surface area contributed by atoms with Crippen LogP contribution < -0.4 is 9.47 Å². The van der Waals surface area contributed by atoms with Crippen LogP contribution in [0, 0.1) is 17.0 Å². The molecule has 1 aliphatic rings. The van der Waals surface area contributed by atoms with Crippen LogP contribution in [-0.2, 0) is 9.53 Å². The third-order valence-electron chi connectivity index (χ3n) is 4.08. The Hall–Kier alpha value is -3.68. The van der Waals surface area contributed by atoms with E-state index in [2.05, 4.69) is 4.99 Å². The standard InChI is InChI=1S/C19H16N2O6/c1-11-13(7-5-8-15(11)21(23)24)18-20-14(19(22)27-18)10-12-6-4-9-16(25-2)17(12)26-3/h4-10H,1-3H3. The van der Waals surface area contributed by atoms with Crippen molar-refractivity contribution < 1.29 is 23.9 Å². The fourth-order valence-corrected chi connectivity index (χ4v) is 2.75. The second-order valence-corrected chi connectivity index (χ2v) is 5.63. The number of para-hydroxylation sites is 1. The van der Waals surface area contributed by atoms with E-state index >= 15 is 0 Å². The van der Waals surface area contributed by atoms with Crippen LogP contribution in [0.3, 0.4) is 0 Å². The van der Waals surface area contributed by atoms with Gasteiger partial charge in [0, 0.05) is 22.8 Å². The Morgan fingerprint density at radius 2 is 1.89 bits per heavy atom. The van der Waals surface area contributed by atoms with Gasteiger partial charge in [-0.05, 0) is 25.1 Å². The summed E-state index contributed by atoms with van der Waals surface area (Å²) in [5.74, 6) is 0.336. The zero-order chi connectivity index (χ0) is 19.6. The van der Waals surface area contributed by atoms with Crippen LogP contribution in [0.15, 0.2) is 47.1 Å². The van der Waals surface area contributed by atoms with E-state index < -0.39 is 10.9 Å². The van der Waals surface area contributed by atoms with Gasteiger partial charge in [-0.1, -0.05) is 18.2 Å². The Bertz CT molecular complexity index is 994. The van der Waals surface area contributed by atoms with Crippen LogP contribution in [0.2, 0.25) is 0 Å². The van der Waals surface area contributed by atoms with Crippen molar-refractivity contribution in [1.29, 1.82) is 0 Å². The highest BCUT2D eigenvalue weighted by molar-refractivity contribution is 6.13. The van der Waals surface area contributed by atoms with Gasteiger partial charge in [0.1, 0.15) is 0 Å². The van der Waals surface area contributed by atoms with Crippen molar-refractivity contribution in [3.05, 3.63) is 68.9 Å². The van der Waals surface area contributed by atoms with Gasteiger partial charge in [0.15, 0.2) is 17.2 Å². The lowest BCUT2D eigenvalue weighted by Crippen LogP contribution is -2.08. The lowest BCUT2D eigenvalue weighted by atomic mass is 10.1. The third kappa shape index (κ3) is 3.37. The van der Waals surface area contributed by atoms with Crippen molar-refractivity contribution in [1.82, 2.24) is 0 Å². The normalized spacial score (nSPS) is 14.7. The summed E-state index contributed by atoms with van der Waals surface area (Å²) in [5, 5.41) is 11.1. The van der Waals surface area contributed by atoms with Crippen molar-refractivity contribution in [2.75, 3.05) is 14.2 Å². The second kappa shape index (κ2) is 7.28. The molecule has 2 aromatic carbocycles. The number of nitrogens with zero attached hydrogens (tertiary/aromatic N) is 2. The zero-order valence-electron chi connectivity index (χ0n) is 14.9. The van der Waals surface area contributed by atoms with Crippen LogP contribution in [0.25, 0.3) is 6.08 Å². The molecular weight excluding hydrogens is 352 g/mol.